The van der Waals surface area contributed by atoms with E-state index in [0.29, 0.717) is 10.6 Å². The van der Waals surface area contributed by atoms with Crippen LogP contribution in [0.4, 0.5) is 5.00 Å². The molecule has 0 radical (unpaired) electrons. The number of ether oxygens (including phenoxy) is 1. The third-order valence-electron chi connectivity index (χ3n) is 2.53. The van der Waals surface area contributed by atoms with Gasteiger partial charge in [0.1, 0.15) is 11.1 Å². The van der Waals surface area contributed by atoms with Crippen LogP contribution in [-0.2, 0) is 14.3 Å². The van der Waals surface area contributed by atoms with E-state index in [0.717, 1.165) is 10.4 Å². The Balaban J connectivity index is 2.68. The summed E-state index contributed by atoms with van der Waals surface area (Å²) < 4.78 is 4.45. The molecular weight excluding hydrogens is 252 g/mol. The number of anilines is 1. The molecule has 0 bridgehead atoms. The number of hydrogen-bond acceptors (Lipinski definition) is 5. The topological polar surface area (TPSA) is 79.2 Å². The third kappa shape index (κ3) is 3.31. The molecule has 0 aromatic carbocycles. The first-order chi connectivity index (χ1) is 8.49. The van der Waals surface area contributed by atoms with Crippen LogP contribution in [0.2, 0.25) is 0 Å². The second kappa shape index (κ2) is 6.17. The zero-order valence-corrected chi connectivity index (χ0v) is 11.3. The SMILES string of the molecule is COC(=O)CCC(=O)Nc1sc(C)c(C)c1C#N. The molecule has 0 aliphatic heterocycles. The Morgan fingerprint density at radius 1 is 1.39 bits per heavy atom. The van der Waals surface area contributed by atoms with Gasteiger partial charge in [-0.2, -0.15) is 5.26 Å². The number of hydrogen-bond donors (Lipinski definition) is 1. The number of methoxy groups -OCH3 is 1. The number of nitriles is 1. The molecule has 5 nitrogen and oxygen atoms in total. The van der Waals surface area contributed by atoms with Crippen LogP contribution >= 0.6 is 11.3 Å². The lowest BCUT2D eigenvalue weighted by Gasteiger charge is -2.02. The smallest absolute Gasteiger partial charge is 0.306 e. The maximum atomic E-state index is 11.6. The van der Waals surface area contributed by atoms with Crippen molar-refractivity contribution >= 4 is 28.2 Å². The molecule has 0 unspecified atom stereocenters. The number of esters is 1. The van der Waals surface area contributed by atoms with Crippen molar-refractivity contribution in [1.82, 2.24) is 0 Å². The van der Waals surface area contributed by atoms with Gasteiger partial charge in [0, 0.05) is 11.3 Å². The maximum absolute atomic E-state index is 11.6. The number of amides is 1. The molecule has 0 aliphatic rings. The van der Waals surface area contributed by atoms with Crippen molar-refractivity contribution in [2.24, 2.45) is 0 Å². The third-order valence-corrected chi connectivity index (χ3v) is 3.66. The Labute approximate surface area is 109 Å². The van der Waals surface area contributed by atoms with E-state index in [-0.39, 0.29) is 18.7 Å². The fourth-order valence-corrected chi connectivity index (χ4v) is 2.38. The minimum Gasteiger partial charge on any atom is -0.469 e. The molecule has 0 saturated heterocycles. The standard InChI is InChI=1S/C12H14N2O3S/c1-7-8(2)18-12(9(7)6-13)14-10(15)4-5-11(16)17-3/h4-5H2,1-3H3,(H,14,15). The summed E-state index contributed by atoms with van der Waals surface area (Å²) in [6.45, 7) is 3.74. The van der Waals surface area contributed by atoms with Gasteiger partial charge < -0.3 is 10.1 Å². The van der Waals surface area contributed by atoms with Gasteiger partial charge in [0.25, 0.3) is 0 Å². The van der Waals surface area contributed by atoms with Crippen LogP contribution in [0.5, 0.6) is 0 Å². The Kier molecular flexibility index (Phi) is 4.86. The van der Waals surface area contributed by atoms with Gasteiger partial charge in [-0.15, -0.1) is 11.3 Å². The summed E-state index contributed by atoms with van der Waals surface area (Å²) in [5, 5.41) is 12.2. The van der Waals surface area contributed by atoms with Crippen LogP contribution < -0.4 is 5.32 Å². The zero-order chi connectivity index (χ0) is 13.7. The van der Waals surface area contributed by atoms with Crippen LogP contribution in [-0.4, -0.2) is 19.0 Å². The first-order valence-corrected chi connectivity index (χ1v) is 6.18. The number of nitrogens with one attached hydrogen (secondary N) is 1. The monoisotopic (exact) mass is 266 g/mol. The molecule has 1 aromatic heterocycles. The lowest BCUT2D eigenvalue weighted by atomic mass is 10.2. The van der Waals surface area contributed by atoms with Crippen LogP contribution in [0.15, 0.2) is 0 Å². The van der Waals surface area contributed by atoms with Gasteiger partial charge in [-0.05, 0) is 19.4 Å². The van der Waals surface area contributed by atoms with Gasteiger partial charge in [-0.25, -0.2) is 0 Å². The van der Waals surface area contributed by atoms with E-state index in [4.69, 9.17) is 5.26 Å². The van der Waals surface area contributed by atoms with Crippen molar-refractivity contribution in [2.75, 3.05) is 12.4 Å². The van der Waals surface area contributed by atoms with Gasteiger partial charge in [0.05, 0.1) is 19.1 Å². The highest BCUT2D eigenvalue weighted by molar-refractivity contribution is 7.16. The highest BCUT2D eigenvalue weighted by Gasteiger charge is 2.15. The lowest BCUT2D eigenvalue weighted by molar-refractivity contribution is -0.141. The molecule has 1 N–H and O–H groups in total. The first kappa shape index (κ1) is 14.2. The van der Waals surface area contributed by atoms with Gasteiger partial charge in [0.2, 0.25) is 5.91 Å². The number of thiophene rings is 1. The van der Waals surface area contributed by atoms with Gasteiger partial charge >= 0.3 is 5.97 Å². The van der Waals surface area contributed by atoms with Crippen molar-refractivity contribution in [3.63, 3.8) is 0 Å². The molecule has 96 valence electrons. The second-order valence-electron chi connectivity index (χ2n) is 3.72. The number of carbonyl (C=O) groups excluding carboxylic acids is 2. The van der Waals surface area contributed by atoms with Crippen LogP contribution in [0.3, 0.4) is 0 Å². The molecule has 1 aromatic rings. The number of nitrogens with zero attached hydrogens (tertiary/aromatic N) is 1. The zero-order valence-electron chi connectivity index (χ0n) is 10.5. The number of carbonyl (C=O) groups is 2. The molecule has 0 atom stereocenters. The van der Waals surface area contributed by atoms with Crippen molar-refractivity contribution in [1.29, 1.82) is 5.26 Å². The average Bonchev–Trinajstić information content (AvgIpc) is 2.61. The summed E-state index contributed by atoms with van der Waals surface area (Å²) in [6.07, 6.45) is 0.0844. The van der Waals surface area contributed by atoms with Crippen molar-refractivity contribution in [3.8, 4) is 6.07 Å². The van der Waals surface area contributed by atoms with Crippen molar-refractivity contribution in [2.45, 2.75) is 26.7 Å². The van der Waals surface area contributed by atoms with Gasteiger partial charge in [-0.1, -0.05) is 0 Å². The summed E-state index contributed by atoms with van der Waals surface area (Å²) in [4.78, 5) is 23.5. The van der Waals surface area contributed by atoms with Gasteiger partial charge in [0.15, 0.2) is 0 Å². The second-order valence-corrected chi connectivity index (χ2v) is 4.95. The number of rotatable bonds is 4. The normalized spacial score (nSPS) is 9.67. The minimum absolute atomic E-state index is 0.0353. The fourth-order valence-electron chi connectivity index (χ4n) is 1.36. The molecular formula is C12H14N2O3S. The Morgan fingerprint density at radius 2 is 2.06 bits per heavy atom. The van der Waals surface area contributed by atoms with Crippen LogP contribution in [0.25, 0.3) is 0 Å². The van der Waals surface area contributed by atoms with Gasteiger partial charge in [-0.3, -0.25) is 9.59 Å². The summed E-state index contributed by atoms with van der Waals surface area (Å²) in [6, 6.07) is 2.07. The molecule has 0 spiro atoms. The Morgan fingerprint density at radius 3 is 2.61 bits per heavy atom. The first-order valence-electron chi connectivity index (χ1n) is 5.36. The number of aryl methyl sites for hydroxylation is 1. The van der Waals surface area contributed by atoms with E-state index in [2.05, 4.69) is 16.1 Å². The predicted molar refractivity (Wildman–Crippen MR) is 68.4 cm³/mol. The summed E-state index contributed by atoms with van der Waals surface area (Å²) in [5.74, 6) is -0.720. The highest BCUT2D eigenvalue weighted by Crippen LogP contribution is 2.31. The summed E-state index contributed by atoms with van der Waals surface area (Å²) >= 11 is 1.36. The lowest BCUT2D eigenvalue weighted by Crippen LogP contribution is -2.13. The molecule has 0 aliphatic carbocycles. The molecule has 1 heterocycles. The Hall–Kier alpha value is -1.87. The molecule has 0 saturated carbocycles. The maximum Gasteiger partial charge on any atom is 0.306 e. The quantitative estimate of drug-likeness (QED) is 0.847. The fraction of sp³-hybridized carbons (Fsp3) is 0.417. The predicted octanol–water partition coefficient (Wildman–Crippen LogP) is 2.13. The average molecular weight is 266 g/mol. The molecule has 18 heavy (non-hydrogen) atoms. The molecule has 1 rings (SSSR count). The largest absolute Gasteiger partial charge is 0.469 e. The van der Waals surface area contributed by atoms with E-state index >= 15 is 0 Å². The van der Waals surface area contributed by atoms with E-state index in [1.807, 2.05) is 13.8 Å². The summed E-state index contributed by atoms with van der Waals surface area (Å²) in [7, 11) is 1.28. The van der Waals surface area contributed by atoms with E-state index in [9.17, 15) is 9.59 Å². The van der Waals surface area contributed by atoms with E-state index in [1.165, 1.54) is 18.4 Å². The van der Waals surface area contributed by atoms with Crippen LogP contribution in [0.1, 0.15) is 28.8 Å². The molecule has 1 amide bonds. The van der Waals surface area contributed by atoms with Crippen LogP contribution in [0, 0.1) is 25.2 Å². The van der Waals surface area contributed by atoms with E-state index in [1.54, 1.807) is 0 Å². The molecule has 0 fully saturated rings. The Bertz CT molecular complexity index is 514. The van der Waals surface area contributed by atoms with Crippen molar-refractivity contribution < 1.29 is 14.3 Å². The van der Waals surface area contributed by atoms with Crippen molar-refractivity contribution in [3.05, 3.63) is 16.0 Å². The minimum atomic E-state index is -0.427. The summed E-state index contributed by atoms with van der Waals surface area (Å²) in [5.41, 5.74) is 1.37. The van der Waals surface area contributed by atoms with E-state index < -0.39 is 5.97 Å². The highest BCUT2D eigenvalue weighted by atomic mass is 32.1. The molecule has 6 heteroatoms.